The standard InChI is InChI=1S/C16H25NO2/c1-3-18-15-8-4-5-9-16(15)19-12-11-17-10-6-7-14(2)13-17/h4-5,8-9,14H,3,6-7,10-13H2,1-2H3. The predicted octanol–water partition coefficient (Wildman–Crippen LogP) is 3.20. The first kappa shape index (κ1) is 14.2. The molecule has 0 amide bonds. The van der Waals surface area contributed by atoms with Gasteiger partial charge in [0.15, 0.2) is 11.5 Å². The van der Waals surface area contributed by atoms with Crippen molar-refractivity contribution in [3.05, 3.63) is 24.3 Å². The maximum absolute atomic E-state index is 5.86. The summed E-state index contributed by atoms with van der Waals surface area (Å²) in [5.41, 5.74) is 0. The van der Waals surface area contributed by atoms with Crippen LogP contribution in [0.5, 0.6) is 11.5 Å². The summed E-state index contributed by atoms with van der Waals surface area (Å²) in [6.07, 6.45) is 2.68. The van der Waals surface area contributed by atoms with Gasteiger partial charge < -0.3 is 9.47 Å². The van der Waals surface area contributed by atoms with Gasteiger partial charge in [-0.15, -0.1) is 0 Å². The summed E-state index contributed by atoms with van der Waals surface area (Å²) in [6, 6.07) is 7.90. The van der Waals surface area contributed by atoms with E-state index in [1.807, 2.05) is 31.2 Å². The molecular weight excluding hydrogens is 238 g/mol. The van der Waals surface area contributed by atoms with Crippen LogP contribution in [0.3, 0.4) is 0 Å². The fourth-order valence-electron chi connectivity index (χ4n) is 2.62. The van der Waals surface area contributed by atoms with Gasteiger partial charge in [-0.2, -0.15) is 0 Å². The molecule has 1 unspecified atom stereocenters. The number of hydrogen-bond donors (Lipinski definition) is 0. The van der Waals surface area contributed by atoms with E-state index in [1.165, 1.54) is 25.9 Å². The first-order valence-electron chi connectivity index (χ1n) is 7.36. The Morgan fingerprint density at radius 1 is 1.21 bits per heavy atom. The SMILES string of the molecule is CCOc1ccccc1OCCN1CCCC(C)C1. The van der Waals surface area contributed by atoms with Crippen LogP contribution in [0.15, 0.2) is 24.3 Å². The fourth-order valence-corrected chi connectivity index (χ4v) is 2.62. The zero-order chi connectivity index (χ0) is 13.5. The van der Waals surface area contributed by atoms with Crippen molar-refractivity contribution in [2.45, 2.75) is 26.7 Å². The molecule has 1 aliphatic heterocycles. The van der Waals surface area contributed by atoms with Crippen molar-refractivity contribution in [3.63, 3.8) is 0 Å². The van der Waals surface area contributed by atoms with Crippen LogP contribution in [0.2, 0.25) is 0 Å². The third kappa shape index (κ3) is 4.43. The molecule has 0 saturated carbocycles. The molecule has 1 heterocycles. The lowest BCUT2D eigenvalue weighted by molar-refractivity contribution is 0.151. The first-order valence-corrected chi connectivity index (χ1v) is 7.36. The number of ether oxygens (including phenoxy) is 2. The number of nitrogens with zero attached hydrogens (tertiary/aromatic N) is 1. The van der Waals surface area contributed by atoms with Gasteiger partial charge in [0, 0.05) is 13.1 Å². The Balaban J connectivity index is 1.78. The Kier molecular flexibility index (Phi) is 5.52. The first-order chi connectivity index (χ1) is 9.29. The van der Waals surface area contributed by atoms with Crippen LogP contribution in [0.4, 0.5) is 0 Å². The van der Waals surface area contributed by atoms with Gasteiger partial charge in [0.2, 0.25) is 0 Å². The molecule has 19 heavy (non-hydrogen) atoms. The number of benzene rings is 1. The summed E-state index contributed by atoms with van der Waals surface area (Å²) in [7, 11) is 0. The van der Waals surface area contributed by atoms with Crippen LogP contribution in [0.25, 0.3) is 0 Å². The van der Waals surface area contributed by atoms with E-state index in [4.69, 9.17) is 9.47 Å². The maximum atomic E-state index is 5.86. The summed E-state index contributed by atoms with van der Waals surface area (Å²) >= 11 is 0. The fraction of sp³-hybridized carbons (Fsp3) is 0.625. The van der Waals surface area contributed by atoms with Crippen LogP contribution >= 0.6 is 0 Å². The Morgan fingerprint density at radius 3 is 2.63 bits per heavy atom. The molecule has 106 valence electrons. The minimum Gasteiger partial charge on any atom is -0.490 e. The van der Waals surface area contributed by atoms with Crippen LogP contribution in [0.1, 0.15) is 26.7 Å². The van der Waals surface area contributed by atoms with Gasteiger partial charge in [-0.25, -0.2) is 0 Å². The second-order valence-corrected chi connectivity index (χ2v) is 5.28. The van der Waals surface area contributed by atoms with E-state index in [0.717, 1.165) is 30.6 Å². The van der Waals surface area contributed by atoms with E-state index in [2.05, 4.69) is 11.8 Å². The Morgan fingerprint density at radius 2 is 1.95 bits per heavy atom. The van der Waals surface area contributed by atoms with Crippen molar-refractivity contribution >= 4 is 0 Å². The van der Waals surface area contributed by atoms with Gasteiger partial charge in [-0.05, 0) is 44.4 Å². The normalized spacial score (nSPS) is 20.2. The second kappa shape index (κ2) is 7.39. The third-order valence-corrected chi connectivity index (χ3v) is 3.56. The van der Waals surface area contributed by atoms with Crippen molar-refractivity contribution < 1.29 is 9.47 Å². The highest BCUT2D eigenvalue weighted by Crippen LogP contribution is 2.26. The van der Waals surface area contributed by atoms with Crippen LogP contribution < -0.4 is 9.47 Å². The van der Waals surface area contributed by atoms with E-state index in [1.54, 1.807) is 0 Å². The van der Waals surface area contributed by atoms with Crippen LogP contribution in [0, 0.1) is 5.92 Å². The zero-order valence-corrected chi connectivity index (χ0v) is 12.1. The smallest absolute Gasteiger partial charge is 0.161 e. The van der Waals surface area contributed by atoms with Gasteiger partial charge in [0.25, 0.3) is 0 Å². The van der Waals surface area contributed by atoms with Gasteiger partial charge in [0.1, 0.15) is 6.61 Å². The number of likely N-dealkylation sites (tertiary alicyclic amines) is 1. The number of rotatable bonds is 6. The second-order valence-electron chi connectivity index (χ2n) is 5.28. The maximum Gasteiger partial charge on any atom is 0.161 e. The molecule has 1 atom stereocenters. The highest BCUT2D eigenvalue weighted by atomic mass is 16.5. The van der Waals surface area contributed by atoms with E-state index >= 15 is 0 Å². The lowest BCUT2D eigenvalue weighted by atomic mass is 10.0. The summed E-state index contributed by atoms with van der Waals surface area (Å²) in [5, 5.41) is 0. The monoisotopic (exact) mass is 263 g/mol. The van der Waals surface area contributed by atoms with Gasteiger partial charge in [-0.3, -0.25) is 4.90 Å². The molecule has 1 fully saturated rings. The average Bonchev–Trinajstić information content (AvgIpc) is 2.41. The highest BCUT2D eigenvalue weighted by molar-refractivity contribution is 5.39. The molecule has 1 aromatic carbocycles. The van der Waals surface area contributed by atoms with Crippen molar-refractivity contribution in [1.82, 2.24) is 4.90 Å². The minimum atomic E-state index is 0.671. The quantitative estimate of drug-likeness (QED) is 0.786. The topological polar surface area (TPSA) is 21.7 Å². The van der Waals surface area contributed by atoms with Crippen molar-refractivity contribution in [3.8, 4) is 11.5 Å². The molecule has 0 N–H and O–H groups in total. The van der Waals surface area contributed by atoms with Crippen LogP contribution in [-0.4, -0.2) is 37.7 Å². The largest absolute Gasteiger partial charge is 0.490 e. The molecule has 0 aliphatic carbocycles. The summed E-state index contributed by atoms with van der Waals surface area (Å²) in [6.45, 7) is 9.15. The molecule has 0 aromatic heterocycles. The summed E-state index contributed by atoms with van der Waals surface area (Å²) in [4.78, 5) is 2.50. The van der Waals surface area contributed by atoms with Crippen molar-refractivity contribution in [2.24, 2.45) is 5.92 Å². The predicted molar refractivity (Wildman–Crippen MR) is 77.9 cm³/mol. The van der Waals surface area contributed by atoms with Gasteiger partial charge in [-0.1, -0.05) is 19.1 Å². The van der Waals surface area contributed by atoms with E-state index in [9.17, 15) is 0 Å². The average molecular weight is 263 g/mol. The molecule has 0 radical (unpaired) electrons. The molecule has 0 bridgehead atoms. The molecule has 3 heteroatoms. The number of para-hydroxylation sites is 2. The van der Waals surface area contributed by atoms with Gasteiger partial charge >= 0.3 is 0 Å². The van der Waals surface area contributed by atoms with Crippen molar-refractivity contribution in [1.29, 1.82) is 0 Å². The summed E-state index contributed by atoms with van der Waals surface area (Å²) in [5.74, 6) is 2.52. The summed E-state index contributed by atoms with van der Waals surface area (Å²) < 4.78 is 11.4. The van der Waals surface area contributed by atoms with E-state index in [-0.39, 0.29) is 0 Å². The molecule has 0 spiro atoms. The lowest BCUT2D eigenvalue weighted by Gasteiger charge is -2.30. The molecule has 1 aliphatic rings. The van der Waals surface area contributed by atoms with E-state index in [0.29, 0.717) is 6.61 Å². The molecule has 2 rings (SSSR count). The molecule has 1 saturated heterocycles. The third-order valence-electron chi connectivity index (χ3n) is 3.56. The van der Waals surface area contributed by atoms with Crippen LogP contribution in [-0.2, 0) is 0 Å². The lowest BCUT2D eigenvalue weighted by Crippen LogP contribution is -2.37. The Hall–Kier alpha value is -1.22. The van der Waals surface area contributed by atoms with E-state index < -0.39 is 0 Å². The van der Waals surface area contributed by atoms with Gasteiger partial charge in [0.05, 0.1) is 6.61 Å². The molecular formula is C16H25NO2. The van der Waals surface area contributed by atoms with Crippen molar-refractivity contribution in [2.75, 3.05) is 32.8 Å². The number of piperidine rings is 1. The number of hydrogen-bond acceptors (Lipinski definition) is 3. The molecule has 3 nitrogen and oxygen atoms in total. The zero-order valence-electron chi connectivity index (χ0n) is 12.1. The Bertz CT molecular complexity index is 381. The Labute approximate surface area is 116 Å². The minimum absolute atomic E-state index is 0.671. The molecule has 1 aromatic rings. The highest BCUT2D eigenvalue weighted by Gasteiger charge is 2.15.